The fourth-order valence-electron chi connectivity index (χ4n) is 8.70. The van der Waals surface area contributed by atoms with Gasteiger partial charge in [0.25, 0.3) is 0 Å². The molecule has 0 spiro atoms. The van der Waals surface area contributed by atoms with Gasteiger partial charge in [-0.1, -0.05) is 27.2 Å². The van der Waals surface area contributed by atoms with Crippen molar-refractivity contribution in [2.24, 2.45) is 46.3 Å². The monoisotopic (exact) mass is 463 g/mol. The Morgan fingerprint density at radius 3 is 2.30 bits per heavy atom. The molecule has 4 saturated carbocycles. The number of fused-ring (bicyclic) bond motifs is 5. The number of carbonyl (C=O) groups excluding carboxylic acids is 1. The summed E-state index contributed by atoms with van der Waals surface area (Å²) < 4.78 is 4.76. The van der Waals surface area contributed by atoms with Crippen molar-refractivity contribution < 1.29 is 19.4 Å². The summed E-state index contributed by atoms with van der Waals surface area (Å²) in [5, 5.41) is 8.30. The minimum atomic E-state index is -0.807. The lowest BCUT2D eigenvalue weighted by molar-refractivity contribution is -0.138. The Hall–Kier alpha value is -0.940. The van der Waals surface area contributed by atoms with Crippen LogP contribution in [0, 0.1) is 46.3 Å². The number of aliphatic carboxylic acids is 1. The molecular weight excluding hydrogens is 414 g/mol. The predicted molar refractivity (Wildman–Crippen MR) is 132 cm³/mol. The van der Waals surface area contributed by atoms with Crippen molar-refractivity contribution in [3.05, 3.63) is 0 Å². The zero-order valence-electron chi connectivity index (χ0n) is 22.1. The fourth-order valence-corrected chi connectivity index (χ4v) is 8.70. The van der Waals surface area contributed by atoms with E-state index in [2.05, 4.69) is 20.8 Å². The number of Topliss-reactive ketones (excluding diaryl/α,β-unsaturated/α-hetero) is 1. The predicted octanol–water partition coefficient (Wildman–Crippen LogP) is 5.52. The third-order valence-corrected chi connectivity index (χ3v) is 10.5. The van der Waals surface area contributed by atoms with Crippen molar-refractivity contribution in [3.63, 3.8) is 0 Å². The Morgan fingerprint density at radius 1 is 1.00 bits per heavy atom. The van der Waals surface area contributed by atoms with E-state index in [9.17, 15) is 9.59 Å². The lowest BCUT2D eigenvalue weighted by atomic mass is 9.44. The number of carboxylic acid groups (broad SMARTS) is 1. The molecule has 5 nitrogen and oxygen atoms in total. The van der Waals surface area contributed by atoms with Gasteiger partial charge in [0.15, 0.2) is 0 Å². The van der Waals surface area contributed by atoms with Gasteiger partial charge in [-0.3, -0.25) is 14.5 Å². The van der Waals surface area contributed by atoms with Crippen molar-refractivity contribution in [2.45, 2.75) is 85.5 Å². The van der Waals surface area contributed by atoms with Crippen molar-refractivity contribution >= 4 is 11.8 Å². The van der Waals surface area contributed by atoms with Crippen LogP contribution in [-0.2, 0) is 14.3 Å². The van der Waals surface area contributed by atoms with Gasteiger partial charge in [-0.2, -0.15) is 0 Å². The maximum atomic E-state index is 12.2. The first-order valence-electron chi connectivity index (χ1n) is 13.4. The van der Waals surface area contributed by atoms with E-state index in [-0.39, 0.29) is 6.54 Å². The highest BCUT2D eigenvalue weighted by atomic mass is 16.5. The molecule has 0 aliphatic heterocycles. The molecule has 8 atom stereocenters. The molecule has 190 valence electrons. The first kappa shape index (κ1) is 26.7. The largest absolute Gasteiger partial charge is 0.480 e. The van der Waals surface area contributed by atoms with Crippen molar-refractivity contribution in [3.8, 4) is 0 Å². The molecule has 0 saturated heterocycles. The number of hydrogen-bond acceptors (Lipinski definition) is 4. The molecule has 5 heteroatoms. The number of carbonyl (C=O) groups is 2. The standard InChI is InChI=1S/C22H36O.C6H13NO3/c1-14-9-11-21(3)16(13-14)5-6-17-19-8-7-18(15(2)23)22(19,4)12-10-20(17)21;1-7(3-4-10-2)5-6(8)9/h14,16-20H,5-13H2,1-4H3;3-5H2,1-2H3,(H,8,9). The molecule has 4 fully saturated rings. The summed E-state index contributed by atoms with van der Waals surface area (Å²) in [6, 6.07) is 0. The van der Waals surface area contributed by atoms with Gasteiger partial charge >= 0.3 is 5.97 Å². The highest BCUT2D eigenvalue weighted by Crippen LogP contribution is 2.67. The van der Waals surface area contributed by atoms with Crippen LogP contribution in [0.4, 0.5) is 0 Å². The van der Waals surface area contributed by atoms with E-state index in [1.54, 1.807) is 19.1 Å². The second-order valence-electron chi connectivity index (χ2n) is 12.4. The second kappa shape index (κ2) is 10.8. The van der Waals surface area contributed by atoms with Crippen molar-refractivity contribution in [1.29, 1.82) is 0 Å². The van der Waals surface area contributed by atoms with E-state index in [1.165, 1.54) is 57.8 Å². The van der Waals surface area contributed by atoms with Gasteiger partial charge in [-0.15, -0.1) is 0 Å². The normalized spacial score (nSPS) is 41.9. The van der Waals surface area contributed by atoms with E-state index in [0.717, 1.165) is 29.6 Å². The molecule has 0 amide bonds. The van der Waals surface area contributed by atoms with Crippen LogP contribution >= 0.6 is 0 Å². The average Bonchev–Trinajstić information content (AvgIpc) is 3.10. The summed E-state index contributed by atoms with van der Waals surface area (Å²) >= 11 is 0. The van der Waals surface area contributed by atoms with Crippen LogP contribution < -0.4 is 0 Å². The van der Waals surface area contributed by atoms with Gasteiger partial charge < -0.3 is 9.84 Å². The van der Waals surface area contributed by atoms with Crippen LogP contribution in [0.5, 0.6) is 0 Å². The SMILES string of the molecule is CC(=O)C1CCC2C3CCC4CC(C)CCC4(C)C3CCC12C.COCCN(C)CC(=O)O. The van der Waals surface area contributed by atoms with Crippen molar-refractivity contribution in [1.82, 2.24) is 4.90 Å². The minimum absolute atomic E-state index is 0.0728. The zero-order chi connectivity index (χ0) is 24.4. The maximum Gasteiger partial charge on any atom is 0.317 e. The average molecular weight is 464 g/mol. The van der Waals surface area contributed by atoms with Gasteiger partial charge in [0, 0.05) is 19.6 Å². The van der Waals surface area contributed by atoms with Crippen LogP contribution in [0.15, 0.2) is 0 Å². The second-order valence-corrected chi connectivity index (χ2v) is 12.4. The van der Waals surface area contributed by atoms with E-state index in [1.807, 2.05) is 6.92 Å². The Bertz CT molecular complexity index is 695. The lowest BCUT2D eigenvalue weighted by Crippen LogP contribution is -2.53. The van der Waals surface area contributed by atoms with E-state index in [4.69, 9.17) is 9.84 Å². The summed E-state index contributed by atoms with van der Waals surface area (Å²) in [7, 11) is 3.34. The number of likely N-dealkylation sites (N-methyl/N-ethyl adjacent to an activating group) is 1. The lowest BCUT2D eigenvalue weighted by Gasteiger charge is -2.61. The van der Waals surface area contributed by atoms with E-state index in [0.29, 0.717) is 35.7 Å². The van der Waals surface area contributed by atoms with Gasteiger partial charge in [-0.05, 0) is 106 Å². The van der Waals surface area contributed by atoms with Gasteiger partial charge in [0.1, 0.15) is 5.78 Å². The van der Waals surface area contributed by atoms with Crippen LogP contribution in [0.1, 0.15) is 85.5 Å². The number of nitrogens with zero attached hydrogens (tertiary/aromatic N) is 1. The Morgan fingerprint density at radius 2 is 1.67 bits per heavy atom. The number of rotatable bonds is 6. The summed E-state index contributed by atoms with van der Waals surface area (Å²) in [6.45, 7) is 10.8. The molecule has 1 N–H and O–H groups in total. The van der Waals surface area contributed by atoms with Crippen LogP contribution in [0.25, 0.3) is 0 Å². The fraction of sp³-hybridized carbons (Fsp3) is 0.929. The Labute approximate surface area is 202 Å². The third kappa shape index (κ3) is 5.50. The molecule has 0 aromatic carbocycles. The molecular formula is C28H49NO4. The molecule has 4 rings (SSSR count). The van der Waals surface area contributed by atoms with Crippen molar-refractivity contribution in [2.75, 3.05) is 33.9 Å². The molecule has 33 heavy (non-hydrogen) atoms. The van der Waals surface area contributed by atoms with Gasteiger partial charge in [0.05, 0.1) is 13.2 Å². The highest BCUT2D eigenvalue weighted by Gasteiger charge is 2.60. The Kier molecular flexibility index (Phi) is 8.70. The number of hydrogen-bond donors (Lipinski definition) is 1. The quantitative estimate of drug-likeness (QED) is 0.562. The number of ketones is 1. The molecule has 0 bridgehead atoms. The molecule has 8 unspecified atom stereocenters. The van der Waals surface area contributed by atoms with Crippen LogP contribution in [0.2, 0.25) is 0 Å². The number of ether oxygens (including phenoxy) is 1. The smallest absolute Gasteiger partial charge is 0.317 e. The van der Waals surface area contributed by atoms with Gasteiger partial charge in [0.2, 0.25) is 0 Å². The summed E-state index contributed by atoms with van der Waals surface area (Å²) in [5.74, 6) is 4.69. The first-order chi connectivity index (χ1) is 15.5. The molecule has 0 radical (unpaired) electrons. The topological polar surface area (TPSA) is 66.8 Å². The summed E-state index contributed by atoms with van der Waals surface area (Å²) in [4.78, 5) is 24.0. The molecule has 0 heterocycles. The van der Waals surface area contributed by atoms with Gasteiger partial charge in [-0.25, -0.2) is 0 Å². The maximum absolute atomic E-state index is 12.2. The molecule has 4 aliphatic rings. The highest BCUT2D eigenvalue weighted by molar-refractivity contribution is 5.79. The molecule has 0 aromatic heterocycles. The third-order valence-electron chi connectivity index (χ3n) is 10.5. The molecule has 0 aromatic rings. The number of methoxy groups -OCH3 is 1. The van der Waals surface area contributed by atoms with E-state index >= 15 is 0 Å². The summed E-state index contributed by atoms with van der Waals surface area (Å²) in [6.07, 6.45) is 12.6. The van der Waals surface area contributed by atoms with Crippen LogP contribution in [0.3, 0.4) is 0 Å². The summed E-state index contributed by atoms with van der Waals surface area (Å²) in [5.41, 5.74) is 0.948. The van der Waals surface area contributed by atoms with E-state index < -0.39 is 5.97 Å². The van der Waals surface area contributed by atoms with Crippen LogP contribution in [-0.4, -0.2) is 55.6 Å². The first-order valence-corrected chi connectivity index (χ1v) is 13.4. The Balaban J connectivity index is 0.000000262. The zero-order valence-corrected chi connectivity index (χ0v) is 22.1. The minimum Gasteiger partial charge on any atom is -0.480 e. The number of carboxylic acids is 1. The molecule has 4 aliphatic carbocycles.